The number of nitrogens with two attached hydrogens (primary N) is 1. The highest BCUT2D eigenvalue weighted by Crippen LogP contribution is 2.34. The van der Waals surface area contributed by atoms with E-state index < -0.39 is 11.6 Å². The Bertz CT molecular complexity index is 550. The molecule has 5 nitrogen and oxygen atoms in total. The molecule has 0 saturated carbocycles. The van der Waals surface area contributed by atoms with E-state index in [0.29, 0.717) is 15.6 Å². The molecule has 1 atom stereocenters. The van der Waals surface area contributed by atoms with Crippen LogP contribution in [-0.4, -0.2) is 29.9 Å². The van der Waals surface area contributed by atoms with Crippen molar-refractivity contribution in [1.29, 1.82) is 0 Å². The number of urea groups is 1. The highest BCUT2D eigenvalue weighted by Gasteiger charge is 2.49. The van der Waals surface area contributed by atoms with Crippen LogP contribution >= 0.6 is 23.2 Å². The van der Waals surface area contributed by atoms with Crippen LogP contribution in [0.5, 0.6) is 0 Å². The fourth-order valence-electron chi connectivity index (χ4n) is 2.11. The summed E-state index contributed by atoms with van der Waals surface area (Å²) in [5, 5.41) is 3.44. The van der Waals surface area contributed by atoms with Crippen molar-refractivity contribution in [2.45, 2.75) is 12.5 Å². The molecule has 0 aromatic heterocycles. The maximum atomic E-state index is 12.4. The van der Waals surface area contributed by atoms with Crippen LogP contribution in [0.25, 0.3) is 0 Å². The first-order valence-electron chi connectivity index (χ1n) is 5.70. The van der Waals surface area contributed by atoms with Gasteiger partial charge in [0.25, 0.3) is 5.91 Å². The number of imide groups is 1. The topological polar surface area (TPSA) is 75.4 Å². The molecular weight excluding hydrogens is 289 g/mol. The third-order valence-electron chi connectivity index (χ3n) is 3.10. The summed E-state index contributed by atoms with van der Waals surface area (Å²) in [5.41, 5.74) is 4.72. The summed E-state index contributed by atoms with van der Waals surface area (Å²) in [6.07, 6.45) is 0. The lowest BCUT2D eigenvalue weighted by Gasteiger charge is -2.23. The summed E-state index contributed by atoms with van der Waals surface area (Å²) in [6.45, 7) is 1.99. The molecule has 1 unspecified atom stereocenters. The van der Waals surface area contributed by atoms with Crippen molar-refractivity contribution >= 4 is 35.1 Å². The van der Waals surface area contributed by atoms with Gasteiger partial charge in [-0.25, -0.2) is 4.79 Å². The van der Waals surface area contributed by atoms with Gasteiger partial charge in [-0.1, -0.05) is 29.3 Å². The van der Waals surface area contributed by atoms with Gasteiger partial charge in [0, 0.05) is 28.7 Å². The quantitative estimate of drug-likeness (QED) is 0.835. The minimum atomic E-state index is -1.19. The molecule has 2 rings (SSSR count). The summed E-state index contributed by atoms with van der Waals surface area (Å²) >= 11 is 11.9. The number of benzene rings is 1. The first kappa shape index (κ1) is 14.1. The lowest BCUT2D eigenvalue weighted by Crippen LogP contribution is -2.41. The first-order chi connectivity index (χ1) is 8.90. The maximum Gasteiger partial charge on any atom is 0.325 e. The van der Waals surface area contributed by atoms with Gasteiger partial charge in [0.05, 0.1) is 0 Å². The van der Waals surface area contributed by atoms with Crippen molar-refractivity contribution in [3.63, 3.8) is 0 Å². The van der Waals surface area contributed by atoms with Crippen molar-refractivity contribution in [2.24, 2.45) is 5.73 Å². The average Bonchev–Trinajstić information content (AvgIpc) is 2.54. The second-order valence-electron chi connectivity index (χ2n) is 4.42. The lowest BCUT2D eigenvalue weighted by atomic mass is 9.92. The van der Waals surface area contributed by atoms with Crippen LogP contribution in [0.1, 0.15) is 12.5 Å². The SMILES string of the molecule is CC1(c2ccc(Cl)cc2Cl)NC(=O)N(CCN)C1=O. The fourth-order valence-corrected chi connectivity index (χ4v) is 2.70. The van der Waals surface area contributed by atoms with Gasteiger partial charge in [-0.15, -0.1) is 0 Å². The molecule has 1 fully saturated rings. The van der Waals surface area contributed by atoms with Gasteiger partial charge in [-0.05, 0) is 19.1 Å². The van der Waals surface area contributed by atoms with Crippen molar-refractivity contribution in [3.8, 4) is 0 Å². The van der Waals surface area contributed by atoms with E-state index in [4.69, 9.17) is 28.9 Å². The molecule has 1 aliphatic heterocycles. The standard InChI is InChI=1S/C12H13Cl2N3O2/c1-12(8-3-2-7(13)6-9(8)14)10(18)17(5-4-15)11(19)16-12/h2-3,6H,4-5,15H2,1H3,(H,16,19). The summed E-state index contributed by atoms with van der Waals surface area (Å²) in [5.74, 6) is -0.368. The smallest absolute Gasteiger partial charge is 0.325 e. The van der Waals surface area contributed by atoms with Gasteiger partial charge in [-0.3, -0.25) is 9.69 Å². The van der Waals surface area contributed by atoms with Gasteiger partial charge in [-0.2, -0.15) is 0 Å². The average molecular weight is 302 g/mol. The minimum Gasteiger partial charge on any atom is -0.329 e. The van der Waals surface area contributed by atoms with Crippen molar-refractivity contribution in [3.05, 3.63) is 33.8 Å². The van der Waals surface area contributed by atoms with Crippen molar-refractivity contribution in [2.75, 3.05) is 13.1 Å². The summed E-state index contributed by atoms with van der Waals surface area (Å²) in [6, 6.07) is 4.33. The molecule has 3 N–H and O–H groups in total. The Morgan fingerprint density at radius 3 is 2.63 bits per heavy atom. The summed E-state index contributed by atoms with van der Waals surface area (Å²) < 4.78 is 0. The number of halogens is 2. The number of carbonyl (C=O) groups excluding carboxylic acids is 2. The van der Waals surface area contributed by atoms with E-state index in [-0.39, 0.29) is 19.0 Å². The number of nitrogens with one attached hydrogen (secondary N) is 1. The first-order valence-corrected chi connectivity index (χ1v) is 6.45. The van der Waals surface area contributed by atoms with Gasteiger partial charge in [0.15, 0.2) is 0 Å². The van der Waals surface area contributed by atoms with E-state index in [1.54, 1.807) is 19.1 Å². The Balaban J connectivity index is 2.43. The van der Waals surface area contributed by atoms with Gasteiger partial charge in [0.2, 0.25) is 0 Å². The van der Waals surface area contributed by atoms with Crippen LogP contribution in [0, 0.1) is 0 Å². The Morgan fingerprint density at radius 1 is 1.37 bits per heavy atom. The Morgan fingerprint density at radius 2 is 2.05 bits per heavy atom. The van der Waals surface area contributed by atoms with E-state index in [1.165, 1.54) is 6.07 Å². The van der Waals surface area contributed by atoms with Gasteiger partial charge < -0.3 is 11.1 Å². The molecule has 1 saturated heterocycles. The molecule has 3 amide bonds. The minimum absolute atomic E-state index is 0.172. The third-order valence-corrected chi connectivity index (χ3v) is 3.65. The van der Waals surface area contributed by atoms with E-state index in [2.05, 4.69) is 5.32 Å². The molecule has 102 valence electrons. The van der Waals surface area contributed by atoms with E-state index >= 15 is 0 Å². The second-order valence-corrected chi connectivity index (χ2v) is 5.27. The van der Waals surface area contributed by atoms with Crippen LogP contribution < -0.4 is 11.1 Å². The number of nitrogens with zero attached hydrogens (tertiary/aromatic N) is 1. The molecule has 19 heavy (non-hydrogen) atoms. The van der Waals surface area contributed by atoms with Crippen molar-refractivity contribution < 1.29 is 9.59 Å². The molecule has 1 aromatic carbocycles. The highest BCUT2D eigenvalue weighted by atomic mass is 35.5. The zero-order valence-corrected chi connectivity index (χ0v) is 11.8. The molecule has 0 radical (unpaired) electrons. The number of carbonyl (C=O) groups is 2. The zero-order valence-electron chi connectivity index (χ0n) is 10.2. The lowest BCUT2D eigenvalue weighted by molar-refractivity contribution is -0.131. The second kappa shape index (κ2) is 5.00. The Labute approximate surface area is 120 Å². The van der Waals surface area contributed by atoms with Crippen LogP contribution in [0.4, 0.5) is 4.79 Å². The molecule has 1 aromatic rings. The predicted molar refractivity (Wildman–Crippen MR) is 73.1 cm³/mol. The maximum absolute atomic E-state index is 12.4. The van der Waals surface area contributed by atoms with Crippen LogP contribution in [0.15, 0.2) is 18.2 Å². The monoisotopic (exact) mass is 301 g/mol. The van der Waals surface area contributed by atoms with E-state index in [0.717, 1.165) is 4.90 Å². The molecule has 0 aliphatic carbocycles. The molecule has 7 heteroatoms. The Kier molecular flexibility index (Phi) is 3.71. The molecule has 0 bridgehead atoms. The van der Waals surface area contributed by atoms with Gasteiger partial charge >= 0.3 is 6.03 Å². The van der Waals surface area contributed by atoms with E-state index in [1.807, 2.05) is 0 Å². The number of hydrogen-bond donors (Lipinski definition) is 2. The summed E-state index contributed by atoms with van der Waals surface area (Å²) in [7, 11) is 0. The number of hydrogen-bond acceptors (Lipinski definition) is 3. The van der Waals surface area contributed by atoms with Crippen LogP contribution in [0.2, 0.25) is 10.0 Å². The fraction of sp³-hybridized carbons (Fsp3) is 0.333. The largest absolute Gasteiger partial charge is 0.329 e. The van der Waals surface area contributed by atoms with Crippen LogP contribution in [0.3, 0.4) is 0 Å². The highest BCUT2D eigenvalue weighted by molar-refractivity contribution is 6.35. The van der Waals surface area contributed by atoms with Gasteiger partial charge in [0.1, 0.15) is 5.54 Å². The normalized spacial score (nSPS) is 22.8. The van der Waals surface area contributed by atoms with Crippen LogP contribution in [-0.2, 0) is 10.3 Å². The predicted octanol–water partition coefficient (Wildman–Crippen LogP) is 1.72. The number of amides is 3. The number of rotatable bonds is 3. The molecule has 0 spiro atoms. The third kappa shape index (κ3) is 2.29. The zero-order chi connectivity index (χ0) is 14.2. The van der Waals surface area contributed by atoms with Crippen molar-refractivity contribution in [1.82, 2.24) is 10.2 Å². The van der Waals surface area contributed by atoms with E-state index in [9.17, 15) is 9.59 Å². The molecule has 1 heterocycles. The molecule has 1 aliphatic rings. The molecular formula is C12H13Cl2N3O2. The Hall–Kier alpha value is -1.30. The summed E-state index contributed by atoms with van der Waals surface area (Å²) in [4.78, 5) is 25.3.